The molecule has 1 rings (SSSR count). The highest BCUT2D eigenvalue weighted by atomic mass is 16.6. The molecule has 0 fully saturated rings. The van der Waals surface area contributed by atoms with Gasteiger partial charge in [-0.3, -0.25) is 20.8 Å². The van der Waals surface area contributed by atoms with Crippen LogP contribution >= 0.6 is 0 Å². The average molecular weight is 281 g/mol. The lowest BCUT2D eigenvalue weighted by Crippen LogP contribution is -2.34. The summed E-state index contributed by atoms with van der Waals surface area (Å²) in [6, 6.07) is 4.47. The van der Waals surface area contributed by atoms with E-state index in [1.54, 1.807) is 32.0 Å². The lowest BCUT2D eigenvalue weighted by atomic mass is 10.1. The number of nitrogens with one attached hydrogen (secondary N) is 2. The van der Waals surface area contributed by atoms with Crippen molar-refractivity contribution >= 4 is 23.0 Å². The van der Waals surface area contributed by atoms with Crippen molar-refractivity contribution in [2.75, 3.05) is 31.0 Å². The highest BCUT2D eigenvalue weighted by molar-refractivity contribution is 5.78. The van der Waals surface area contributed by atoms with Crippen molar-refractivity contribution in [2.45, 2.75) is 6.92 Å². The van der Waals surface area contributed by atoms with Gasteiger partial charge in [-0.2, -0.15) is 0 Å². The molecule has 1 aromatic carbocycles. The van der Waals surface area contributed by atoms with E-state index in [2.05, 4.69) is 10.7 Å². The van der Waals surface area contributed by atoms with Crippen molar-refractivity contribution < 1.29 is 9.72 Å². The summed E-state index contributed by atoms with van der Waals surface area (Å²) in [6.07, 6.45) is 0. The Bertz CT molecular complexity index is 506. The third-order valence-corrected chi connectivity index (χ3v) is 2.96. The molecule has 0 saturated carbocycles. The Morgan fingerprint density at radius 3 is 2.65 bits per heavy atom. The van der Waals surface area contributed by atoms with E-state index in [1.165, 1.54) is 12.1 Å². The summed E-state index contributed by atoms with van der Waals surface area (Å²) in [4.78, 5) is 23.7. The number of carbonyl (C=O) groups excluding carboxylic acids is 1. The van der Waals surface area contributed by atoms with E-state index >= 15 is 0 Å². The molecule has 4 N–H and O–H groups in total. The van der Waals surface area contributed by atoms with Crippen LogP contribution in [0.4, 0.5) is 17.1 Å². The van der Waals surface area contributed by atoms with Gasteiger partial charge in [-0.25, -0.2) is 0 Å². The first-order valence-electron chi connectivity index (χ1n) is 6.07. The Kier molecular flexibility index (Phi) is 5.27. The van der Waals surface area contributed by atoms with Gasteiger partial charge in [0.15, 0.2) is 0 Å². The third kappa shape index (κ3) is 3.82. The van der Waals surface area contributed by atoms with Crippen LogP contribution in [-0.4, -0.2) is 31.5 Å². The Morgan fingerprint density at radius 2 is 2.15 bits per heavy atom. The van der Waals surface area contributed by atoms with Gasteiger partial charge in [-0.1, -0.05) is 6.92 Å². The van der Waals surface area contributed by atoms with Gasteiger partial charge in [0.05, 0.1) is 16.5 Å². The lowest BCUT2D eigenvalue weighted by molar-refractivity contribution is -0.384. The Balaban J connectivity index is 2.97. The smallest absolute Gasteiger partial charge is 0.273 e. The van der Waals surface area contributed by atoms with Crippen LogP contribution in [0.2, 0.25) is 0 Å². The second-order valence-corrected chi connectivity index (χ2v) is 4.54. The second kappa shape index (κ2) is 6.71. The van der Waals surface area contributed by atoms with E-state index in [0.29, 0.717) is 17.9 Å². The first-order valence-corrected chi connectivity index (χ1v) is 6.07. The second-order valence-electron chi connectivity index (χ2n) is 4.54. The number of nitro benzene ring substituents is 1. The van der Waals surface area contributed by atoms with Crippen LogP contribution in [0.1, 0.15) is 6.92 Å². The maximum Gasteiger partial charge on any atom is 0.273 e. The summed E-state index contributed by atoms with van der Waals surface area (Å²) in [6.45, 7) is 2.22. The van der Waals surface area contributed by atoms with E-state index in [4.69, 9.17) is 5.84 Å². The third-order valence-electron chi connectivity index (χ3n) is 2.96. The summed E-state index contributed by atoms with van der Waals surface area (Å²) >= 11 is 0. The number of amides is 1. The topological polar surface area (TPSA) is 114 Å². The number of benzene rings is 1. The van der Waals surface area contributed by atoms with Crippen LogP contribution < -0.4 is 21.5 Å². The zero-order valence-electron chi connectivity index (χ0n) is 11.7. The number of nitrogens with two attached hydrogens (primary N) is 1. The summed E-state index contributed by atoms with van der Waals surface area (Å²) in [7, 11) is 3.33. The van der Waals surface area contributed by atoms with Crippen molar-refractivity contribution in [3.63, 3.8) is 0 Å². The van der Waals surface area contributed by atoms with Crippen LogP contribution in [0.15, 0.2) is 18.2 Å². The molecule has 110 valence electrons. The molecule has 0 heterocycles. The zero-order chi connectivity index (χ0) is 15.3. The Morgan fingerprint density at radius 1 is 1.50 bits per heavy atom. The number of hydrazine groups is 1. The molecule has 0 radical (unpaired) electrons. The summed E-state index contributed by atoms with van der Waals surface area (Å²) < 4.78 is 0. The van der Waals surface area contributed by atoms with Crippen LogP contribution in [0.25, 0.3) is 0 Å². The fourth-order valence-electron chi connectivity index (χ4n) is 1.85. The maximum absolute atomic E-state index is 11.5. The SMILES string of the molecule is CNC(=O)C(C)CN(C)c1cc(NN)cc([N+](=O)[O-])c1. The number of anilines is 2. The van der Waals surface area contributed by atoms with E-state index in [9.17, 15) is 14.9 Å². The molecule has 0 aliphatic heterocycles. The predicted molar refractivity (Wildman–Crippen MR) is 77.4 cm³/mol. The molecule has 1 atom stereocenters. The van der Waals surface area contributed by atoms with Gasteiger partial charge in [0.25, 0.3) is 5.69 Å². The van der Waals surface area contributed by atoms with Crippen LogP contribution in [0.5, 0.6) is 0 Å². The molecule has 0 aliphatic carbocycles. The number of rotatable bonds is 6. The van der Waals surface area contributed by atoms with Crippen molar-refractivity contribution in [1.29, 1.82) is 0 Å². The molecule has 0 bridgehead atoms. The normalized spacial score (nSPS) is 11.6. The molecular weight excluding hydrogens is 262 g/mol. The van der Waals surface area contributed by atoms with E-state index < -0.39 is 4.92 Å². The highest BCUT2D eigenvalue weighted by Gasteiger charge is 2.16. The minimum atomic E-state index is -0.486. The van der Waals surface area contributed by atoms with Crippen molar-refractivity contribution in [3.8, 4) is 0 Å². The molecule has 1 amide bonds. The Labute approximate surface area is 117 Å². The molecule has 8 nitrogen and oxygen atoms in total. The van der Waals surface area contributed by atoms with Gasteiger partial charge in [0.2, 0.25) is 5.91 Å². The predicted octanol–water partition coefficient (Wildman–Crippen LogP) is 0.699. The van der Waals surface area contributed by atoms with Crippen molar-refractivity contribution in [1.82, 2.24) is 5.32 Å². The Hall–Kier alpha value is -2.35. The molecule has 1 aromatic rings. The minimum absolute atomic E-state index is 0.0603. The van der Waals surface area contributed by atoms with Gasteiger partial charge >= 0.3 is 0 Å². The van der Waals surface area contributed by atoms with E-state index in [-0.39, 0.29) is 17.5 Å². The summed E-state index contributed by atoms with van der Waals surface area (Å²) in [5.74, 6) is 4.98. The molecule has 0 aromatic heterocycles. The van der Waals surface area contributed by atoms with Gasteiger partial charge in [0, 0.05) is 38.5 Å². The van der Waals surface area contributed by atoms with Gasteiger partial charge in [-0.05, 0) is 6.07 Å². The average Bonchev–Trinajstić information content (AvgIpc) is 2.45. The number of nitrogens with zero attached hydrogens (tertiary/aromatic N) is 2. The maximum atomic E-state index is 11.5. The van der Waals surface area contributed by atoms with Gasteiger partial charge in [-0.15, -0.1) is 0 Å². The number of nitro groups is 1. The van der Waals surface area contributed by atoms with Crippen molar-refractivity contribution in [2.24, 2.45) is 11.8 Å². The summed E-state index contributed by atoms with van der Waals surface area (Å²) in [5, 5.41) is 13.4. The standard InChI is InChI=1S/C12H19N5O3/c1-8(12(18)14-2)7-16(3)10-4-9(15-13)5-11(6-10)17(19)20/h4-6,8,15H,7,13H2,1-3H3,(H,14,18). The largest absolute Gasteiger partial charge is 0.374 e. The molecule has 1 unspecified atom stereocenters. The highest BCUT2D eigenvalue weighted by Crippen LogP contribution is 2.26. The number of carbonyl (C=O) groups is 1. The zero-order valence-corrected chi connectivity index (χ0v) is 11.7. The summed E-state index contributed by atoms with van der Waals surface area (Å²) in [5.41, 5.74) is 3.39. The van der Waals surface area contributed by atoms with Crippen LogP contribution in [0, 0.1) is 16.0 Å². The lowest BCUT2D eigenvalue weighted by Gasteiger charge is -2.23. The molecule has 8 heteroatoms. The van der Waals surface area contributed by atoms with Crippen molar-refractivity contribution in [3.05, 3.63) is 28.3 Å². The number of hydrogen-bond donors (Lipinski definition) is 3. The van der Waals surface area contributed by atoms with Gasteiger partial charge in [0.1, 0.15) is 0 Å². The molecule has 0 spiro atoms. The number of non-ortho nitro benzene ring substituents is 1. The first-order chi connectivity index (χ1) is 9.38. The fraction of sp³-hybridized carbons (Fsp3) is 0.417. The van der Waals surface area contributed by atoms with Gasteiger partial charge < -0.3 is 15.6 Å². The number of nitrogen functional groups attached to an aromatic ring is 1. The first kappa shape index (κ1) is 15.7. The fourth-order valence-corrected chi connectivity index (χ4v) is 1.85. The quantitative estimate of drug-likeness (QED) is 0.402. The number of hydrogen-bond acceptors (Lipinski definition) is 6. The van der Waals surface area contributed by atoms with Crippen LogP contribution in [0.3, 0.4) is 0 Å². The van der Waals surface area contributed by atoms with Crippen LogP contribution in [-0.2, 0) is 4.79 Å². The monoisotopic (exact) mass is 281 g/mol. The molecule has 20 heavy (non-hydrogen) atoms. The van der Waals surface area contributed by atoms with E-state index in [1.807, 2.05) is 0 Å². The molecule has 0 saturated heterocycles. The van der Waals surface area contributed by atoms with E-state index in [0.717, 1.165) is 0 Å². The molecule has 0 aliphatic rings. The molecular formula is C12H19N5O3. The minimum Gasteiger partial charge on any atom is -0.374 e.